The number of carbonyl (C=O) groups excluding carboxylic acids is 2. The van der Waals surface area contributed by atoms with Gasteiger partial charge < -0.3 is 0 Å². The Bertz CT molecular complexity index is 534. The molecule has 0 radical (unpaired) electrons. The van der Waals surface area contributed by atoms with Gasteiger partial charge in [0, 0.05) is 16.5 Å². The molecule has 2 nitrogen and oxygen atoms in total. The van der Waals surface area contributed by atoms with Crippen LogP contribution >= 0.6 is 0 Å². The van der Waals surface area contributed by atoms with Crippen molar-refractivity contribution in [2.45, 2.75) is 41.5 Å². The first-order valence-electron chi connectivity index (χ1n) is 7.15. The minimum atomic E-state index is -0.0145. The first-order chi connectivity index (χ1) is 9.61. The molecule has 0 aliphatic rings. The summed E-state index contributed by atoms with van der Waals surface area (Å²) in [5, 5.41) is 1.70. The van der Waals surface area contributed by atoms with Crippen LogP contribution in [-0.4, -0.2) is 11.6 Å². The van der Waals surface area contributed by atoms with Crippen LogP contribution in [0, 0.1) is 0 Å². The van der Waals surface area contributed by atoms with Crippen LogP contribution in [0.2, 0.25) is 0 Å². The summed E-state index contributed by atoms with van der Waals surface area (Å²) >= 11 is 0. The van der Waals surface area contributed by atoms with Crippen molar-refractivity contribution in [3.05, 3.63) is 47.5 Å². The first kappa shape index (κ1) is 18.0. The highest BCUT2D eigenvalue weighted by molar-refractivity contribution is 6.15. The molecule has 0 fully saturated rings. The van der Waals surface area contributed by atoms with Gasteiger partial charge >= 0.3 is 0 Å². The standard InChI is InChI=1S/C14H12O2.2C2H6/c1-9(15)12-7-3-5-11-6-4-8-13(10(2)16)14(11)12;2*1-2/h3-8H,1-2H3;2*1-2H3. The van der Waals surface area contributed by atoms with Crippen LogP contribution in [0.1, 0.15) is 62.3 Å². The van der Waals surface area contributed by atoms with Crippen LogP contribution in [0.4, 0.5) is 0 Å². The zero-order chi connectivity index (χ0) is 15.7. The molecule has 0 amide bonds. The van der Waals surface area contributed by atoms with Crippen molar-refractivity contribution in [1.82, 2.24) is 0 Å². The van der Waals surface area contributed by atoms with Crippen LogP contribution in [-0.2, 0) is 0 Å². The third kappa shape index (κ3) is 4.02. The fraction of sp³-hybridized carbons (Fsp3) is 0.333. The molecule has 0 atom stereocenters. The van der Waals surface area contributed by atoms with E-state index in [1.165, 1.54) is 13.8 Å². The van der Waals surface area contributed by atoms with E-state index < -0.39 is 0 Å². The molecule has 2 rings (SSSR count). The van der Waals surface area contributed by atoms with Crippen molar-refractivity contribution >= 4 is 22.3 Å². The number of benzene rings is 2. The van der Waals surface area contributed by atoms with Crippen LogP contribution < -0.4 is 0 Å². The second-order valence-corrected chi connectivity index (χ2v) is 3.82. The number of fused-ring (bicyclic) bond motifs is 1. The monoisotopic (exact) mass is 272 g/mol. The lowest BCUT2D eigenvalue weighted by atomic mass is 9.95. The van der Waals surface area contributed by atoms with Crippen LogP contribution in [0.5, 0.6) is 0 Å². The maximum absolute atomic E-state index is 11.5. The lowest BCUT2D eigenvalue weighted by Crippen LogP contribution is -2.00. The fourth-order valence-electron chi connectivity index (χ4n) is 1.93. The summed E-state index contributed by atoms with van der Waals surface area (Å²) in [6, 6.07) is 11.0. The van der Waals surface area contributed by atoms with Gasteiger partial charge in [-0.2, -0.15) is 0 Å². The quantitative estimate of drug-likeness (QED) is 0.695. The maximum Gasteiger partial charge on any atom is 0.160 e. The molecule has 2 heteroatoms. The van der Waals surface area contributed by atoms with Gasteiger partial charge in [-0.15, -0.1) is 0 Å². The Morgan fingerprint density at radius 1 is 0.700 bits per heavy atom. The predicted molar refractivity (Wildman–Crippen MR) is 86.7 cm³/mol. The maximum atomic E-state index is 11.5. The highest BCUT2D eigenvalue weighted by Crippen LogP contribution is 2.23. The third-order valence-electron chi connectivity index (χ3n) is 2.66. The van der Waals surface area contributed by atoms with E-state index in [2.05, 4.69) is 0 Å². The van der Waals surface area contributed by atoms with Crippen LogP contribution in [0.25, 0.3) is 10.8 Å². The summed E-state index contributed by atoms with van der Waals surface area (Å²) in [4.78, 5) is 23.0. The van der Waals surface area contributed by atoms with Gasteiger partial charge in [0.15, 0.2) is 11.6 Å². The van der Waals surface area contributed by atoms with Gasteiger partial charge in [0.2, 0.25) is 0 Å². The number of rotatable bonds is 2. The molecular weight excluding hydrogens is 248 g/mol. The average Bonchev–Trinajstić information content (AvgIpc) is 2.49. The van der Waals surface area contributed by atoms with Gasteiger partial charge in [0.05, 0.1) is 0 Å². The Morgan fingerprint density at radius 2 is 1.05 bits per heavy atom. The molecule has 20 heavy (non-hydrogen) atoms. The Hall–Kier alpha value is -1.96. The highest BCUT2D eigenvalue weighted by Gasteiger charge is 2.11. The van der Waals surface area contributed by atoms with Gasteiger partial charge in [-0.05, 0) is 19.2 Å². The molecule has 0 N–H and O–H groups in total. The lowest BCUT2D eigenvalue weighted by molar-refractivity contribution is 0.101. The summed E-state index contributed by atoms with van der Waals surface area (Å²) in [7, 11) is 0. The zero-order valence-electron chi connectivity index (χ0n) is 13.3. The van der Waals surface area contributed by atoms with Gasteiger partial charge in [-0.25, -0.2) is 0 Å². The van der Waals surface area contributed by atoms with E-state index in [-0.39, 0.29) is 11.6 Å². The van der Waals surface area contributed by atoms with E-state index in [1.807, 2.05) is 52.0 Å². The molecule has 0 unspecified atom stereocenters. The Balaban J connectivity index is 0.000000829. The molecule has 0 saturated carbocycles. The summed E-state index contributed by atoms with van der Waals surface area (Å²) in [6.07, 6.45) is 0. The Labute approximate surface area is 121 Å². The van der Waals surface area contributed by atoms with Gasteiger partial charge in [0.25, 0.3) is 0 Å². The van der Waals surface area contributed by atoms with Crippen molar-refractivity contribution in [2.75, 3.05) is 0 Å². The number of carbonyl (C=O) groups is 2. The minimum absolute atomic E-state index is 0.0145. The molecule has 0 bridgehead atoms. The van der Waals surface area contributed by atoms with Gasteiger partial charge in [0.1, 0.15) is 0 Å². The van der Waals surface area contributed by atoms with Crippen molar-refractivity contribution in [3.8, 4) is 0 Å². The first-order valence-corrected chi connectivity index (χ1v) is 7.15. The second kappa shape index (κ2) is 9.03. The molecule has 0 aliphatic carbocycles. The van der Waals surface area contributed by atoms with Crippen molar-refractivity contribution < 1.29 is 9.59 Å². The van der Waals surface area contributed by atoms with Crippen molar-refractivity contribution in [2.24, 2.45) is 0 Å². The summed E-state index contributed by atoms with van der Waals surface area (Å²) in [5.41, 5.74) is 1.23. The lowest BCUT2D eigenvalue weighted by Gasteiger charge is -2.07. The topological polar surface area (TPSA) is 34.1 Å². The van der Waals surface area contributed by atoms with E-state index in [4.69, 9.17) is 0 Å². The van der Waals surface area contributed by atoms with E-state index in [0.29, 0.717) is 11.1 Å². The molecule has 0 saturated heterocycles. The number of hydrogen-bond acceptors (Lipinski definition) is 2. The molecule has 0 aromatic heterocycles. The fourth-order valence-corrected chi connectivity index (χ4v) is 1.93. The summed E-state index contributed by atoms with van der Waals surface area (Å²) in [6.45, 7) is 11.0. The summed E-state index contributed by atoms with van der Waals surface area (Å²) < 4.78 is 0. The number of Topliss-reactive ketones (excluding diaryl/α,β-unsaturated/α-hetero) is 2. The average molecular weight is 272 g/mol. The summed E-state index contributed by atoms with van der Waals surface area (Å²) in [5.74, 6) is -0.0291. The molecule has 0 aliphatic heterocycles. The molecule has 108 valence electrons. The van der Waals surface area contributed by atoms with Crippen LogP contribution in [0.3, 0.4) is 0 Å². The normalized spacial score (nSPS) is 8.90. The SMILES string of the molecule is CC.CC.CC(=O)c1cccc2cccc(C(C)=O)c12. The van der Waals surface area contributed by atoms with Crippen LogP contribution in [0.15, 0.2) is 36.4 Å². The predicted octanol–water partition coefficient (Wildman–Crippen LogP) is 5.30. The van der Waals surface area contributed by atoms with Crippen molar-refractivity contribution in [3.63, 3.8) is 0 Å². The minimum Gasteiger partial charge on any atom is -0.294 e. The highest BCUT2D eigenvalue weighted by atomic mass is 16.1. The van der Waals surface area contributed by atoms with E-state index in [9.17, 15) is 9.59 Å². The van der Waals surface area contributed by atoms with Gasteiger partial charge in [-0.1, -0.05) is 64.1 Å². The second-order valence-electron chi connectivity index (χ2n) is 3.82. The van der Waals surface area contributed by atoms with E-state index in [1.54, 1.807) is 12.1 Å². The molecule has 0 heterocycles. The number of ketones is 2. The smallest absolute Gasteiger partial charge is 0.160 e. The third-order valence-corrected chi connectivity index (χ3v) is 2.66. The van der Waals surface area contributed by atoms with E-state index in [0.717, 1.165) is 10.8 Å². The zero-order valence-corrected chi connectivity index (χ0v) is 13.3. The Morgan fingerprint density at radius 3 is 1.35 bits per heavy atom. The van der Waals surface area contributed by atoms with Crippen molar-refractivity contribution in [1.29, 1.82) is 0 Å². The van der Waals surface area contributed by atoms with Gasteiger partial charge in [-0.3, -0.25) is 9.59 Å². The van der Waals surface area contributed by atoms with E-state index >= 15 is 0 Å². The number of hydrogen-bond donors (Lipinski definition) is 0. The largest absolute Gasteiger partial charge is 0.294 e. The molecular formula is C18H24O2. The molecule has 2 aromatic carbocycles. The Kier molecular flexibility index (Phi) is 8.14. The molecule has 2 aromatic rings. The molecule has 0 spiro atoms.